The van der Waals surface area contributed by atoms with Gasteiger partial charge in [0.25, 0.3) is 0 Å². The molecule has 116 valence electrons. The Kier molecular flexibility index (Phi) is 4.81. The number of para-hydroxylation sites is 1. The van der Waals surface area contributed by atoms with Crippen molar-refractivity contribution in [3.05, 3.63) is 29.3 Å². The summed E-state index contributed by atoms with van der Waals surface area (Å²) in [5, 5.41) is 3.51. The molecule has 2 aliphatic heterocycles. The summed E-state index contributed by atoms with van der Waals surface area (Å²) in [6, 6.07) is 7.26. The number of nitrogens with zero attached hydrogens (tertiary/aromatic N) is 1. The number of hydrogen-bond acceptors (Lipinski definition) is 3. The molecule has 0 amide bonds. The molecule has 1 fully saturated rings. The van der Waals surface area contributed by atoms with Crippen LogP contribution < -0.4 is 10.1 Å². The maximum atomic E-state index is 6.15. The molecule has 2 aliphatic rings. The van der Waals surface area contributed by atoms with Crippen LogP contribution in [0.3, 0.4) is 0 Å². The molecule has 0 saturated carbocycles. The standard InChI is InChI=1S/C18H28N2O/c1-14(2)15-6-3-7-16-17(8-4-13-21-18(15)16)20-11-5-9-19-10-12-20/h3,6-7,14,17,19H,4-5,8-13H2,1-2H3. The van der Waals surface area contributed by atoms with E-state index in [1.165, 1.54) is 36.3 Å². The van der Waals surface area contributed by atoms with E-state index in [2.05, 4.69) is 42.3 Å². The van der Waals surface area contributed by atoms with Crippen LogP contribution in [-0.2, 0) is 0 Å². The first-order chi connectivity index (χ1) is 10.3. The van der Waals surface area contributed by atoms with Gasteiger partial charge in [-0.05, 0) is 37.3 Å². The third-order valence-corrected chi connectivity index (χ3v) is 4.74. The van der Waals surface area contributed by atoms with E-state index in [1.807, 2.05) is 0 Å². The highest BCUT2D eigenvalue weighted by Crippen LogP contribution is 2.40. The molecule has 3 heteroatoms. The molecule has 3 nitrogen and oxygen atoms in total. The molecule has 0 radical (unpaired) electrons. The Morgan fingerprint density at radius 3 is 2.95 bits per heavy atom. The number of ether oxygens (including phenoxy) is 1. The second-order valence-electron chi connectivity index (χ2n) is 6.57. The lowest BCUT2D eigenvalue weighted by Crippen LogP contribution is -2.32. The molecular weight excluding hydrogens is 260 g/mol. The average Bonchev–Trinajstić information content (AvgIpc) is 2.86. The van der Waals surface area contributed by atoms with Crippen molar-refractivity contribution in [2.75, 3.05) is 32.8 Å². The van der Waals surface area contributed by atoms with Gasteiger partial charge in [-0.1, -0.05) is 32.0 Å². The number of benzene rings is 1. The van der Waals surface area contributed by atoms with Gasteiger partial charge in [0.15, 0.2) is 0 Å². The predicted octanol–water partition coefficient (Wildman–Crippen LogP) is 3.32. The van der Waals surface area contributed by atoms with E-state index in [-0.39, 0.29) is 0 Å². The minimum atomic E-state index is 0.518. The van der Waals surface area contributed by atoms with Crippen LogP contribution in [0.25, 0.3) is 0 Å². The van der Waals surface area contributed by atoms with E-state index in [1.54, 1.807) is 0 Å². The smallest absolute Gasteiger partial charge is 0.127 e. The van der Waals surface area contributed by atoms with Crippen LogP contribution in [-0.4, -0.2) is 37.7 Å². The zero-order valence-corrected chi connectivity index (χ0v) is 13.4. The van der Waals surface area contributed by atoms with Crippen LogP contribution in [0, 0.1) is 0 Å². The average molecular weight is 288 g/mol. The number of fused-ring (bicyclic) bond motifs is 1. The lowest BCUT2D eigenvalue weighted by atomic mass is 9.93. The summed E-state index contributed by atoms with van der Waals surface area (Å²) in [7, 11) is 0. The fourth-order valence-corrected chi connectivity index (χ4v) is 3.62. The van der Waals surface area contributed by atoms with Crippen LogP contribution in [0.1, 0.15) is 56.2 Å². The van der Waals surface area contributed by atoms with Crippen molar-refractivity contribution in [1.82, 2.24) is 10.2 Å². The first kappa shape index (κ1) is 14.9. The van der Waals surface area contributed by atoms with Crippen molar-refractivity contribution in [2.45, 2.75) is 45.1 Å². The minimum absolute atomic E-state index is 0.518. The highest BCUT2D eigenvalue weighted by Gasteiger charge is 2.27. The molecule has 1 unspecified atom stereocenters. The predicted molar refractivity (Wildman–Crippen MR) is 87.1 cm³/mol. The number of nitrogens with one attached hydrogen (secondary N) is 1. The Balaban J connectivity index is 1.94. The summed E-state index contributed by atoms with van der Waals surface area (Å²) in [6.07, 6.45) is 3.62. The lowest BCUT2D eigenvalue weighted by Gasteiger charge is -2.31. The number of rotatable bonds is 2. The normalized spacial score (nSPS) is 24.0. The molecule has 3 rings (SSSR count). The second kappa shape index (κ2) is 6.80. The molecule has 0 spiro atoms. The first-order valence-electron chi connectivity index (χ1n) is 8.47. The fraction of sp³-hybridized carbons (Fsp3) is 0.667. The van der Waals surface area contributed by atoms with Crippen LogP contribution in [0.5, 0.6) is 5.75 Å². The first-order valence-corrected chi connectivity index (χ1v) is 8.47. The van der Waals surface area contributed by atoms with Crippen molar-refractivity contribution in [2.24, 2.45) is 0 Å². The van der Waals surface area contributed by atoms with Gasteiger partial charge in [0.1, 0.15) is 5.75 Å². The monoisotopic (exact) mass is 288 g/mol. The Bertz CT molecular complexity index is 464. The molecule has 1 aromatic carbocycles. The summed E-state index contributed by atoms with van der Waals surface area (Å²) in [5.41, 5.74) is 2.79. The fourth-order valence-electron chi connectivity index (χ4n) is 3.62. The molecule has 0 bridgehead atoms. The highest BCUT2D eigenvalue weighted by atomic mass is 16.5. The van der Waals surface area contributed by atoms with Gasteiger partial charge in [-0.3, -0.25) is 4.90 Å². The zero-order valence-electron chi connectivity index (χ0n) is 13.4. The van der Waals surface area contributed by atoms with Gasteiger partial charge in [-0.15, -0.1) is 0 Å². The third kappa shape index (κ3) is 3.24. The summed E-state index contributed by atoms with van der Waals surface area (Å²) >= 11 is 0. The van der Waals surface area contributed by atoms with Crippen LogP contribution >= 0.6 is 0 Å². The molecular formula is C18H28N2O. The Labute approximate surface area is 128 Å². The summed E-state index contributed by atoms with van der Waals surface area (Å²) < 4.78 is 6.15. The lowest BCUT2D eigenvalue weighted by molar-refractivity contribution is 0.199. The van der Waals surface area contributed by atoms with Gasteiger partial charge in [-0.2, -0.15) is 0 Å². The van der Waals surface area contributed by atoms with Crippen molar-refractivity contribution in [3.63, 3.8) is 0 Å². The van der Waals surface area contributed by atoms with E-state index in [9.17, 15) is 0 Å². The van der Waals surface area contributed by atoms with Crippen LogP contribution in [0.15, 0.2) is 18.2 Å². The SMILES string of the molecule is CC(C)c1cccc2c1OCCCC2N1CCCNCC1. The van der Waals surface area contributed by atoms with Gasteiger partial charge >= 0.3 is 0 Å². The van der Waals surface area contributed by atoms with Crippen molar-refractivity contribution in [3.8, 4) is 5.75 Å². The van der Waals surface area contributed by atoms with E-state index in [0.29, 0.717) is 12.0 Å². The van der Waals surface area contributed by atoms with E-state index < -0.39 is 0 Å². The van der Waals surface area contributed by atoms with Crippen molar-refractivity contribution < 1.29 is 4.74 Å². The molecule has 2 heterocycles. The van der Waals surface area contributed by atoms with Gasteiger partial charge in [0.05, 0.1) is 6.61 Å². The molecule has 1 aromatic rings. The van der Waals surface area contributed by atoms with Crippen LogP contribution in [0.4, 0.5) is 0 Å². The maximum Gasteiger partial charge on any atom is 0.127 e. The van der Waals surface area contributed by atoms with Gasteiger partial charge in [0, 0.05) is 31.2 Å². The maximum absolute atomic E-state index is 6.15. The summed E-state index contributed by atoms with van der Waals surface area (Å²) in [6.45, 7) is 9.98. The van der Waals surface area contributed by atoms with E-state index in [4.69, 9.17) is 4.74 Å². The highest BCUT2D eigenvalue weighted by molar-refractivity contribution is 5.45. The summed E-state index contributed by atoms with van der Waals surface area (Å²) in [4.78, 5) is 2.66. The molecule has 1 saturated heterocycles. The topological polar surface area (TPSA) is 24.5 Å². The Morgan fingerprint density at radius 1 is 1.19 bits per heavy atom. The largest absolute Gasteiger partial charge is 0.493 e. The van der Waals surface area contributed by atoms with Crippen molar-refractivity contribution >= 4 is 0 Å². The van der Waals surface area contributed by atoms with E-state index in [0.717, 1.165) is 32.7 Å². The molecule has 1 atom stereocenters. The number of hydrogen-bond donors (Lipinski definition) is 1. The molecule has 0 aliphatic carbocycles. The van der Waals surface area contributed by atoms with Gasteiger partial charge < -0.3 is 10.1 Å². The Hall–Kier alpha value is -1.06. The van der Waals surface area contributed by atoms with Crippen LogP contribution in [0.2, 0.25) is 0 Å². The van der Waals surface area contributed by atoms with Gasteiger partial charge in [0.2, 0.25) is 0 Å². The second-order valence-corrected chi connectivity index (χ2v) is 6.57. The van der Waals surface area contributed by atoms with E-state index >= 15 is 0 Å². The third-order valence-electron chi connectivity index (χ3n) is 4.74. The molecule has 0 aromatic heterocycles. The molecule has 1 N–H and O–H groups in total. The summed E-state index contributed by atoms with van der Waals surface area (Å²) in [5.74, 6) is 1.69. The van der Waals surface area contributed by atoms with Crippen molar-refractivity contribution in [1.29, 1.82) is 0 Å². The quantitative estimate of drug-likeness (QED) is 0.903. The minimum Gasteiger partial charge on any atom is -0.493 e. The Morgan fingerprint density at radius 2 is 2.10 bits per heavy atom. The zero-order chi connectivity index (χ0) is 14.7. The molecule has 21 heavy (non-hydrogen) atoms. The van der Waals surface area contributed by atoms with Gasteiger partial charge in [-0.25, -0.2) is 0 Å².